The molecule has 3 aliphatic rings. The summed E-state index contributed by atoms with van der Waals surface area (Å²) in [4.78, 5) is 28.0. The lowest BCUT2D eigenvalue weighted by molar-refractivity contribution is -0.137. The van der Waals surface area contributed by atoms with Crippen molar-refractivity contribution in [2.24, 2.45) is 5.92 Å². The Kier molecular flexibility index (Phi) is 6.41. The number of likely N-dealkylation sites (tertiary alicyclic amines) is 1. The second-order valence-electron chi connectivity index (χ2n) is 9.24. The molecule has 2 aromatic carbocycles. The van der Waals surface area contributed by atoms with Crippen LogP contribution >= 0.6 is 0 Å². The molecule has 2 saturated heterocycles. The zero-order valence-electron chi connectivity index (χ0n) is 19.6. The van der Waals surface area contributed by atoms with Crippen molar-refractivity contribution in [1.29, 1.82) is 0 Å². The topological polar surface area (TPSA) is 105 Å². The van der Waals surface area contributed by atoms with Gasteiger partial charge in [-0.15, -0.1) is 0 Å². The molecule has 1 atom stereocenters. The summed E-state index contributed by atoms with van der Waals surface area (Å²) < 4.78 is 38.4. The number of aryl methyl sites for hydroxylation is 1. The van der Waals surface area contributed by atoms with Crippen LogP contribution in [0, 0.1) is 12.8 Å². The lowest BCUT2D eigenvalue weighted by Crippen LogP contribution is -2.50. The Labute approximate surface area is 205 Å². The molecule has 2 amide bonds. The highest BCUT2D eigenvalue weighted by atomic mass is 32.2. The van der Waals surface area contributed by atoms with Gasteiger partial charge in [-0.1, -0.05) is 17.7 Å². The van der Waals surface area contributed by atoms with Crippen molar-refractivity contribution in [3.8, 4) is 11.5 Å². The molecule has 2 fully saturated rings. The monoisotopic (exact) mass is 499 g/mol. The molecular formula is C25H29N3O6S. The first-order valence-corrected chi connectivity index (χ1v) is 13.3. The van der Waals surface area contributed by atoms with Crippen LogP contribution in [0.2, 0.25) is 0 Å². The molecule has 2 aromatic rings. The van der Waals surface area contributed by atoms with Crippen LogP contribution in [0.25, 0.3) is 0 Å². The Hall–Kier alpha value is -3.11. The van der Waals surface area contributed by atoms with Crippen LogP contribution in [0.5, 0.6) is 11.5 Å². The maximum atomic E-state index is 13.3. The van der Waals surface area contributed by atoms with Crippen molar-refractivity contribution in [3.05, 3.63) is 48.0 Å². The summed E-state index contributed by atoms with van der Waals surface area (Å²) in [6.45, 7) is 3.25. The van der Waals surface area contributed by atoms with Crippen LogP contribution in [0.3, 0.4) is 0 Å². The maximum Gasteiger partial charge on any atom is 0.243 e. The van der Waals surface area contributed by atoms with E-state index < -0.39 is 16.1 Å². The van der Waals surface area contributed by atoms with Gasteiger partial charge in [0.25, 0.3) is 0 Å². The summed E-state index contributed by atoms with van der Waals surface area (Å²) in [6.07, 6.45) is 2.21. The quantitative estimate of drug-likeness (QED) is 0.678. The van der Waals surface area contributed by atoms with Gasteiger partial charge in [0.2, 0.25) is 28.6 Å². The van der Waals surface area contributed by atoms with Crippen molar-refractivity contribution in [2.75, 3.05) is 31.7 Å². The van der Waals surface area contributed by atoms with Crippen molar-refractivity contribution < 1.29 is 27.5 Å². The summed E-state index contributed by atoms with van der Waals surface area (Å²) in [6, 6.07) is 11.3. The van der Waals surface area contributed by atoms with E-state index >= 15 is 0 Å². The molecule has 1 N–H and O–H groups in total. The van der Waals surface area contributed by atoms with E-state index in [0.29, 0.717) is 62.5 Å². The molecule has 3 heterocycles. The second kappa shape index (κ2) is 9.50. The van der Waals surface area contributed by atoms with Crippen molar-refractivity contribution >= 4 is 27.5 Å². The molecule has 186 valence electrons. The normalized spacial score (nSPS) is 20.7. The van der Waals surface area contributed by atoms with Gasteiger partial charge in [0.05, 0.1) is 4.90 Å². The number of hydrogen-bond donors (Lipinski definition) is 1. The molecule has 0 bridgehead atoms. The average molecular weight is 500 g/mol. The zero-order valence-corrected chi connectivity index (χ0v) is 20.4. The Morgan fingerprint density at radius 2 is 1.66 bits per heavy atom. The summed E-state index contributed by atoms with van der Waals surface area (Å²) in [7, 11) is -3.75. The number of sulfonamides is 1. The van der Waals surface area contributed by atoms with Crippen LogP contribution in [0.1, 0.15) is 31.2 Å². The minimum atomic E-state index is -3.75. The number of rotatable bonds is 5. The third-order valence-corrected chi connectivity index (χ3v) is 8.86. The second-order valence-corrected chi connectivity index (χ2v) is 11.1. The first-order valence-electron chi connectivity index (χ1n) is 11.9. The van der Waals surface area contributed by atoms with E-state index in [9.17, 15) is 18.0 Å². The average Bonchev–Trinajstić information content (AvgIpc) is 3.54. The molecule has 0 saturated carbocycles. The number of carbonyl (C=O) groups is 2. The van der Waals surface area contributed by atoms with Crippen LogP contribution in [0.4, 0.5) is 5.69 Å². The number of nitrogens with zero attached hydrogens (tertiary/aromatic N) is 2. The lowest BCUT2D eigenvalue weighted by atomic mass is 9.95. The molecule has 5 rings (SSSR count). The molecule has 0 aromatic heterocycles. The van der Waals surface area contributed by atoms with Gasteiger partial charge < -0.3 is 19.7 Å². The predicted molar refractivity (Wildman–Crippen MR) is 129 cm³/mol. The largest absolute Gasteiger partial charge is 0.454 e. The van der Waals surface area contributed by atoms with Gasteiger partial charge in [0.1, 0.15) is 6.04 Å². The fourth-order valence-electron chi connectivity index (χ4n) is 4.91. The van der Waals surface area contributed by atoms with E-state index in [1.807, 2.05) is 6.92 Å². The van der Waals surface area contributed by atoms with Crippen molar-refractivity contribution in [2.45, 2.75) is 43.5 Å². The van der Waals surface area contributed by atoms with Gasteiger partial charge in [0, 0.05) is 37.3 Å². The molecular weight excluding hydrogens is 470 g/mol. The molecule has 10 heteroatoms. The number of hydrogen-bond acceptors (Lipinski definition) is 6. The molecule has 0 unspecified atom stereocenters. The molecule has 9 nitrogen and oxygen atoms in total. The minimum Gasteiger partial charge on any atom is -0.454 e. The minimum absolute atomic E-state index is 0.0968. The van der Waals surface area contributed by atoms with Gasteiger partial charge in [-0.05, 0) is 56.9 Å². The van der Waals surface area contributed by atoms with E-state index in [0.717, 1.165) is 5.56 Å². The van der Waals surface area contributed by atoms with E-state index in [1.165, 1.54) is 4.31 Å². The lowest BCUT2D eigenvalue weighted by Gasteiger charge is -2.34. The van der Waals surface area contributed by atoms with Gasteiger partial charge in [-0.25, -0.2) is 8.42 Å². The predicted octanol–water partition coefficient (Wildman–Crippen LogP) is 2.75. The molecule has 0 aliphatic carbocycles. The summed E-state index contributed by atoms with van der Waals surface area (Å²) in [5.74, 6) is 0.763. The number of ether oxygens (including phenoxy) is 2. The number of piperidine rings is 1. The Balaban J connectivity index is 1.19. The zero-order chi connectivity index (χ0) is 24.6. The number of benzene rings is 2. The highest BCUT2D eigenvalue weighted by molar-refractivity contribution is 7.89. The van der Waals surface area contributed by atoms with Gasteiger partial charge in [0.15, 0.2) is 11.5 Å². The van der Waals surface area contributed by atoms with Crippen molar-refractivity contribution in [3.63, 3.8) is 0 Å². The summed E-state index contributed by atoms with van der Waals surface area (Å²) in [5.41, 5.74) is 1.61. The van der Waals surface area contributed by atoms with Crippen LogP contribution in [0.15, 0.2) is 47.4 Å². The van der Waals surface area contributed by atoms with Crippen LogP contribution < -0.4 is 14.8 Å². The number of fused-ring (bicyclic) bond motifs is 1. The number of nitrogens with one attached hydrogen (secondary N) is 1. The first-order chi connectivity index (χ1) is 16.8. The SMILES string of the molecule is Cc1ccc(S(=O)(=O)N2CCC[C@H]2C(=O)N2CCC(C(=O)Nc3ccc4c(c3)OCO4)CC2)cc1. The number of amides is 2. The van der Waals surface area contributed by atoms with Gasteiger partial charge in [-0.3, -0.25) is 9.59 Å². The molecule has 3 aliphatic heterocycles. The Bertz CT molecular complexity index is 1220. The van der Waals surface area contributed by atoms with Gasteiger partial charge in [-0.2, -0.15) is 4.31 Å². The van der Waals surface area contributed by atoms with E-state index in [-0.39, 0.29) is 29.4 Å². The standard InChI is InChI=1S/C25H29N3O6S/c1-17-4-7-20(8-5-17)35(31,32)28-12-2-3-21(28)25(30)27-13-10-18(11-14-27)24(29)26-19-6-9-22-23(15-19)34-16-33-22/h4-9,15,18,21H,2-3,10-14,16H2,1H3,(H,26,29)/t21-/m0/s1. The first kappa shape index (κ1) is 23.6. The molecule has 0 radical (unpaired) electrons. The third kappa shape index (κ3) is 4.72. The maximum absolute atomic E-state index is 13.3. The molecule has 35 heavy (non-hydrogen) atoms. The highest BCUT2D eigenvalue weighted by Gasteiger charge is 2.42. The Morgan fingerprint density at radius 3 is 2.40 bits per heavy atom. The van der Waals surface area contributed by atoms with E-state index in [2.05, 4.69) is 5.32 Å². The smallest absolute Gasteiger partial charge is 0.243 e. The van der Waals surface area contributed by atoms with E-state index in [1.54, 1.807) is 47.4 Å². The van der Waals surface area contributed by atoms with E-state index in [4.69, 9.17) is 9.47 Å². The highest BCUT2D eigenvalue weighted by Crippen LogP contribution is 2.35. The molecule has 0 spiro atoms. The van der Waals surface area contributed by atoms with Crippen LogP contribution in [-0.2, 0) is 19.6 Å². The third-order valence-electron chi connectivity index (χ3n) is 6.93. The van der Waals surface area contributed by atoms with Crippen molar-refractivity contribution in [1.82, 2.24) is 9.21 Å². The fourth-order valence-corrected chi connectivity index (χ4v) is 6.56. The van der Waals surface area contributed by atoms with Gasteiger partial charge >= 0.3 is 0 Å². The summed E-state index contributed by atoms with van der Waals surface area (Å²) >= 11 is 0. The Morgan fingerprint density at radius 1 is 0.943 bits per heavy atom. The number of carbonyl (C=O) groups excluding carboxylic acids is 2. The fraction of sp³-hybridized carbons (Fsp3) is 0.440. The van der Waals surface area contributed by atoms with Crippen LogP contribution in [-0.4, -0.2) is 61.9 Å². The summed E-state index contributed by atoms with van der Waals surface area (Å²) in [5, 5.41) is 2.92. The number of anilines is 1.